The molecule has 0 atom stereocenters. The number of benzene rings is 2. The molecule has 10 nitrogen and oxygen atoms in total. The maximum absolute atomic E-state index is 15.2. The van der Waals surface area contributed by atoms with Crippen LogP contribution in [0.3, 0.4) is 0 Å². The minimum Gasteiger partial charge on any atom is -0.477 e. The molecule has 0 spiro atoms. The third-order valence-electron chi connectivity index (χ3n) is 6.13. The summed E-state index contributed by atoms with van der Waals surface area (Å²) >= 11 is 6.64. The summed E-state index contributed by atoms with van der Waals surface area (Å²) in [5, 5.41) is 12.1. The van der Waals surface area contributed by atoms with Crippen molar-refractivity contribution < 1.29 is 33.0 Å². The van der Waals surface area contributed by atoms with E-state index in [0.29, 0.717) is 26.3 Å². The number of hydrogen-bond donors (Lipinski definition) is 3. The van der Waals surface area contributed by atoms with Gasteiger partial charge >= 0.3 is 11.9 Å². The Kier molecular flexibility index (Phi) is 8.14. The van der Waals surface area contributed by atoms with Crippen LogP contribution in [0.2, 0.25) is 5.02 Å². The number of pyridine rings is 1. The van der Waals surface area contributed by atoms with Gasteiger partial charge in [-0.15, -0.1) is 0 Å². The van der Waals surface area contributed by atoms with Crippen molar-refractivity contribution in [2.75, 3.05) is 50.4 Å². The highest BCUT2D eigenvalue weighted by Gasteiger charge is 2.24. The number of carboxylic acids is 1. The van der Waals surface area contributed by atoms with Crippen molar-refractivity contribution in [3.63, 3.8) is 0 Å². The Morgan fingerprint density at radius 3 is 2.58 bits per heavy atom. The fourth-order valence-electron chi connectivity index (χ4n) is 4.22. The van der Waals surface area contributed by atoms with Crippen LogP contribution in [-0.2, 0) is 20.9 Å². The van der Waals surface area contributed by atoms with Gasteiger partial charge in [-0.25, -0.2) is 13.6 Å². The summed E-state index contributed by atoms with van der Waals surface area (Å²) in [5.74, 6) is -3.86. The first-order valence-corrected chi connectivity index (χ1v) is 12.0. The molecular weight excluding hydrogens is 526 g/mol. The zero-order valence-corrected chi connectivity index (χ0v) is 21.1. The molecule has 2 aromatic carbocycles. The lowest BCUT2D eigenvalue weighted by Gasteiger charge is -2.27. The molecule has 3 aromatic rings. The maximum atomic E-state index is 15.2. The number of carboxylic acid groups (broad SMARTS) is 1. The average Bonchev–Trinajstić information content (AvgIpc) is 2.87. The minimum atomic E-state index is -1.56. The van der Waals surface area contributed by atoms with Gasteiger partial charge in [0.25, 0.3) is 0 Å². The number of esters is 1. The van der Waals surface area contributed by atoms with Crippen molar-refractivity contribution in [1.29, 1.82) is 0 Å². The summed E-state index contributed by atoms with van der Waals surface area (Å²) in [6, 6.07) is 3.12. The van der Waals surface area contributed by atoms with Crippen molar-refractivity contribution in [2.24, 2.45) is 0 Å². The van der Waals surface area contributed by atoms with Crippen LogP contribution in [0.15, 0.2) is 29.2 Å². The number of hydrogen-bond acceptors (Lipinski definition) is 8. The fraction of sp³-hybridized carbons (Fsp3) is 0.320. The van der Waals surface area contributed by atoms with Crippen molar-refractivity contribution in [3.8, 4) is 5.69 Å². The van der Waals surface area contributed by atoms with Crippen LogP contribution in [0.1, 0.15) is 22.8 Å². The lowest BCUT2D eigenvalue weighted by Crippen LogP contribution is -2.39. The standard InChI is InChI=1S/C25H25ClF2N4O6/c1-13(33)38-12-14-8-17(27)19(29)10-20(14)32-11-16(25(35)36)24(34)15-9-18(28)22(21(26)23(15)32)30-2-3-31-4-6-37-7-5-31/h8-11,30H,2-7,12,29H2,1H3,(H,35,36). The molecule has 1 aliphatic heterocycles. The summed E-state index contributed by atoms with van der Waals surface area (Å²) in [6.45, 7) is 4.32. The summed E-state index contributed by atoms with van der Waals surface area (Å²) in [5.41, 5.74) is 3.92. The molecule has 4 rings (SSSR count). The van der Waals surface area contributed by atoms with Gasteiger partial charge in [-0.3, -0.25) is 14.5 Å². The molecule has 13 heteroatoms. The number of nitrogens with two attached hydrogens (primary N) is 1. The molecule has 0 amide bonds. The van der Waals surface area contributed by atoms with Crippen LogP contribution in [0.4, 0.5) is 20.2 Å². The minimum absolute atomic E-state index is 0.0352. The van der Waals surface area contributed by atoms with Crippen LogP contribution in [0.25, 0.3) is 16.6 Å². The van der Waals surface area contributed by atoms with E-state index < -0.39 is 34.6 Å². The normalized spacial score (nSPS) is 14.0. The van der Waals surface area contributed by atoms with E-state index in [9.17, 15) is 23.9 Å². The summed E-state index contributed by atoms with van der Waals surface area (Å²) in [6.07, 6.45) is 0.998. The first-order valence-electron chi connectivity index (χ1n) is 11.6. The molecule has 0 saturated carbocycles. The van der Waals surface area contributed by atoms with E-state index in [-0.39, 0.29) is 45.2 Å². The second-order valence-electron chi connectivity index (χ2n) is 8.65. The number of carbonyl (C=O) groups excluding carboxylic acids is 1. The number of aromatic nitrogens is 1. The van der Waals surface area contributed by atoms with Gasteiger partial charge in [-0.1, -0.05) is 11.6 Å². The number of anilines is 2. The van der Waals surface area contributed by atoms with E-state index >= 15 is 4.39 Å². The topological polar surface area (TPSA) is 136 Å². The number of halogens is 3. The van der Waals surface area contributed by atoms with E-state index in [1.807, 2.05) is 0 Å². The molecule has 1 aromatic heterocycles. The highest BCUT2D eigenvalue weighted by molar-refractivity contribution is 6.38. The van der Waals surface area contributed by atoms with Crippen molar-refractivity contribution in [1.82, 2.24) is 9.47 Å². The number of nitrogens with zero attached hydrogens (tertiary/aromatic N) is 2. The Labute approximate surface area is 220 Å². The summed E-state index contributed by atoms with van der Waals surface area (Å²) < 4.78 is 41.1. The van der Waals surface area contributed by atoms with Gasteiger partial charge in [0.1, 0.15) is 23.8 Å². The van der Waals surface area contributed by atoms with Crippen LogP contribution < -0.4 is 16.5 Å². The van der Waals surface area contributed by atoms with Gasteiger partial charge in [-0.05, 0) is 18.2 Å². The number of aromatic carboxylic acids is 1. The number of morpholine rings is 1. The molecule has 202 valence electrons. The van der Waals surface area contributed by atoms with E-state index in [1.54, 1.807) is 0 Å². The van der Waals surface area contributed by atoms with E-state index in [0.717, 1.165) is 31.4 Å². The SMILES string of the molecule is CC(=O)OCc1cc(F)c(N)cc1-n1cc(C(=O)O)c(=O)c2cc(F)c(NCCN3CCOCC3)c(Cl)c21. The Hall–Kier alpha value is -3.74. The lowest BCUT2D eigenvalue weighted by atomic mass is 10.1. The summed E-state index contributed by atoms with van der Waals surface area (Å²) in [7, 11) is 0. The molecule has 1 saturated heterocycles. The van der Waals surface area contributed by atoms with Crippen LogP contribution >= 0.6 is 11.6 Å². The molecule has 1 fully saturated rings. The van der Waals surface area contributed by atoms with E-state index in [2.05, 4.69) is 10.2 Å². The van der Waals surface area contributed by atoms with Crippen molar-refractivity contribution >= 4 is 45.8 Å². The average molecular weight is 551 g/mol. The van der Waals surface area contributed by atoms with Crippen molar-refractivity contribution in [2.45, 2.75) is 13.5 Å². The highest BCUT2D eigenvalue weighted by atomic mass is 35.5. The van der Waals surface area contributed by atoms with Crippen LogP contribution in [0.5, 0.6) is 0 Å². The molecule has 4 N–H and O–H groups in total. The molecule has 2 heterocycles. The van der Waals surface area contributed by atoms with Gasteiger partial charge < -0.3 is 30.2 Å². The first-order chi connectivity index (χ1) is 18.1. The highest BCUT2D eigenvalue weighted by Crippen LogP contribution is 2.35. The van der Waals surface area contributed by atoms with Crippen LogP contribution in [-0.4, -0.2) is 65.9 Å². The van der Waals surface area contributed by atoms with Gasteiger partial charge in [0.05, 0.1) is 46.2 Å². The Morgan fingerprint density at radius 2 is 1.92 bits per heavy atom. The van der Waals surface area contributed by atoms with E-state index in [1.165, 1.54) is 17.6 Å². The molecule has 0 unspecified atom stereocenters. The van der Waals surface area contributed by atoms with Gasteiger partial charge in [0, 0.05) is 44.9 Å². The number of fused-ring (bicyclic) bond motifs is 1. The quantitative estimate of drug-likeness (QED) is 0.285. The van der Waals surface area contributed by atoms with Gasteiger partial charge in [0.15, 0.2) is 0 Å². The fourth-order valence-corrected chi connectivity index (χ4v) is 4.57. The predicted octanol–water partition coefficient (Wildman–Crippen LogP) is 3.01. The largest absolute Gasteiger partial charge is 0.477 e. The smallest absolute Gasteiger partial charge is 0.341 e. The number of rotatable bonds is 8. The van der Waals surface area contributed by atoms with Crippen LogP contribution in [0, 0.1) is 11.6 Å². The van der Waals surface area contributed by atoms with Gasteiger partial charge in [-0.2, -0.15) is 0 Å². The second kappa shape index (κ2) is 11.3. The third-order valence-corrected chi connectivity index (χ3v) is 6.50. The molecule has 0 bridgehead atoms. The Bertz CT molecular complexity index is 1470. The lowest BCUT2D eigenvalue weighted by molar-refractivity contribution is -0.142. The Balaban J connectivity index is 1.89. The third kappa shape index (κ3) is 5.57. The first kappa shape index (κ1) is 27.3. The molecular formula is C25H25ClF2N4O6. The summed E-state index contributed by atoms with van der Waals surface area (Å²) in [4.78, 5) is 38.4. The number of nitrogen functional groups attached to an aromatic ring is 1. The number of carbonyl (C=O) groups is 2. The molecule has 0 radical (unpaired) electrons. The van der Waals surface area contributed by atoms with E-state index in [4.69, 9.17) is 26.8 Å². The molecule has 38 heavy (non-hydrogen) atoms. The zero-order chi connectivity index (χ0) is 27.6. The number of nitrogens with one attached hydrogen (secondary N) is 1. The molecule has 0 aliphatic carbocycles. The predicted molar refractivity (Wildman–Crippen MR) is 137 cm³/mol. The monoisotopic (exact) mass is 550 g/mol. The molecule has 1 aliphatic rings. The second-order valence-corrected chi connectivity index (χ2v) is 9.03. The Morgan fingerprint density at radius 1 is 1.21 bits per heavy atom. The maximum Gasteiger partial charge on any atom is 0.341 e. The van der Waals surface area contributed by atoms with Gasteiger partial charge in [0.2, 0.25) is 5.43 Å². The van der Waals surface area contributed by atoms with Crippen molar-refractivity contribution in [3.05, 3.63) is 62.4 Å². The number of ether oxygens (including phenoxy) is 2. The zero-order valence-electron chi connectivity index (χ0n) is 20.4.